The van der Waals surface area contributed by atoms with Crippen LogP contribution in [0.4, 0.5) is 5.69 Å². The van der Waals surface area contributed by atoms with Crippen molar-refractivity contribution in [2.45, 2.75) is 19.9 Å². The van der Waals surface area contributed by atoms with E-state index in [1.807, 2.05) is 115 Å². The molecule has 0 saturated carbocycles. The molecule has 0 N–H and O–H groups in total. The molecule has 246 valence electrons. The zero-order chi connectivity index (χ0) is 34.7. The average Bonchev–Trinajstić information content (AvgIpc) is 3.14. The van der Waals surface area contributed by atoms with Gasteiger partial charge in [-0.15, -0.1) is 42.1 Å². The van der Waals surface area contributed by atoms with E-state index in [-0.39, 0.29) is 31.9 Å². The van der Waals surface area contributed by atoms with Gasteiger partial charge in [0.15, 0.2) is 0 Å². The van der Waals surface area contributed by atoms with Crippen LogP contribution in [0.3, 0.4) is 0 Å². The molecular formula is C47H44HfN2. The van der Waals surface area contributed by atoms with E-state index in [4.69, 9.17) is 10.3 Å². The summed E-state index contributed by atoms with van der Waals surface area (Å²) >= 11 is 0. The van der Waals surface area contributed by atoms with E-state index in [1.54, 1.807) is 0 Å². The maximum absolute atomic E-state index is 5.11. The van der Waals surface area contributed by atoms with Crippen LogP contribution in [0.1, 0.15) is 45.1 Å². The van der Waals surface area contributed by atoms with E-state index in [2.05, 4.69) is 107 Å². The smallest absolute Gasteiger partial charge is 0.673 e. The fraction of sp³-hybridized carbons (Fsp3) is 0.0638. The first-order chi connectivity index (χ1) is 23.9. The summed E-state index contributed by atoms with van der Waals surface area (Å²) in [6.45, 7) is 15.4. The predicted molar refractivity (Wildman–Crippen MR) is 210 cm³/mol. The molecule has 7 aromatic rings. The molecule has 0 amide bonds. The quantitative estimate of drug-likeness (QED) is 0.126. The normalized spacial score (nSPS) is 10.2. The predicted octanol–water partition coefficient (Wildman–Crippen LogP) is 12.8. The summed E-state index contributed by atoms with van der Waals surface area (Å²) < 4.78 is 0. The Labute approximate surface area is 319 Å². The summed E-state index contributed by atoms with van der Waals surface area (Å²) in [5, 5.41) is 5.11. The van der Waals surface area contributed by atoms with Crippen LogP contribution in [0.5, 0.6) is 0 Å². The summed E-state index contributed by atoms with van der Waals surface area (Å²) in [6.07, 6.45) is 0. The van der Waals surface area contributed by atoms with Gasteiger partial charge in [0.2, 0.25) is 0 Å². The maximum Gasteiger partial charge on any atom is 4.00 e. The van der Waals surface area contributed by atoms with Gasteiger partial charge < -0.3 is 5.32 Å². The number of hydrogen-bond acceptors (Lipinski definition) is 1. The van der Waals surface area contributed by atoms with E-state index < -0.39 is 0 Å². The van der Waals surface area contributed by atoms with Crippen molar-refractivity contribution in [3.05, 3.63) is 253 Å². The van der Waals surface area contributed by atoms with Gasteiger partial charge >= 0.3 is 25.8 Å². The van der Waals surface area contributed by atoms with Crippen LogP contribution in [0, 0.1) is 34.6 Å². The Kier molecular flexibility index (Phi) is 17.0. The second kappa shape index (κ2) is 21.7. The first-order valence-corrected chi connectivity index (χ1v) is 16.4. The van der Waals surface area contributed by atoms with E-state index in [0.29, 0.717) is 0 Å². The molecule has 0 aliphatic heterocycles. The van der Waals surface area contributed by atoms with Gasteiger partial charge in [0.05, 0.1) is 5.69 Å². The fourth-order valence-electron chi connectivity index (χ4n) is 4.84. The van der Waals surface area contributed by atoms with Crippen LogP contribution in [-0.4, -0.2) is 4.98 Å². The van der Waals surface area contributed by atoms with Gasteiger partial charge in [-0.1, -0.05) is 120 Å². The molecule has 0 radical (unpaired) electrons. The average molecular weight is 815 g/mol. The Bertz CT molecular complexity index is 1820. The number of aromatic nitrogens is 1. The first kappa shape index (κ1) is 39.2. The monoisotopic (exact) mass is 816 g/mol. The molecule has 50 heavy (non-hydrogen) atoms. The van der Waals surface area contributed by atoms with Crippen LogP contribution in [-0.2, 0) is 25.8 Å². The molecule has 1 unspecified atom stereocenters. The summed E-state index contributed by atoms with van der Waals surface area (Å²) in [5.74, 6) is 0. The van der Waals surface area contributed by atoms with E-state index in [0.717, 1.165) is 44.9 Å². The Morgan fingerprint density at radius 2 is 0.920 bits per heavy atom. The van der Waals surface area contributed by atoms with Crippen LogP contribution in [0.2, 0.25) is 0 Å². The minimum Gasteiger partial charge on any atom is -0.673 e. The second-order valence-corrected chi connectivity index (χ2v) is 11.5. The third kappa shape index (κ3) is 13.7. The number of hydrogen-bond donors (Lipinski definition) is 0. The van der Waals surface area contributed by atoms with Crippen molar-refractivity contribution in [2.75, 3.05) is 0 Å². The fourth-order valence-corrected chi connectivity index (χ4v) is 4.84. The van der Waals surface area contributed by atoms with Gasteiger partial charge in [-0.25, -0.2) is 0 Å². The molecule has 1 atom stereocenters. The number of aryl methyl sites for hydroxylation is 2. The van der Waals surface area contributed by atoms with Gasteiger partial charge in [0.25, 0.3) is 0 Å². The topological polar surface area (TPSA) is 27.0 Å². The number of pyridine rings is 1. The molecule has 2 nitrogen and oxygen atoms in total. The first-order valence-electron chi connectivity index (χ1n) is 16.4. The molecule has 3 heteroatoms. The van der Waals surface area contributed by atoms with Crippen molar-refractivity contribution >= 4 is 5.69 Å². The van der Waals surface area contributed by atoms with Crippen molar-refractivity contribution in [1.82, 2.24) is 4.98 Å². The standard InChI is InChI=1S/C26H23N2.3C7H7.Hf/c1-19-16-17-23(20(2)18-19)28-26(22-12-7-4-8-13-22)25-15-9-14-24(27-25)21-10-5-3-6-11-21;3*1-7-5-3-2-4-6-7;/h3-18,26H,1-2H3;3*2-6H,1H2;/q4*-1;+4. The number of nitrogens with zero attached hydrogens (tertiary/aromatic N) is 2. The third-order valence-electron chi connectivity index (χ3n) is 7.38. The maximum atomic E-state index is 5.11. The molecule has 1 aromatic heterocycles. The van der Waals surface area contributed by atoms with Crippen molar-refractivity contribution in [3.63, 3.8) is 0 Å². The Hall–Kier alpha value is -5.25. The summed E-state index contributed by atoms with van der Waals surface area (Å²) in [7, 11) is 0. The molecule has 0 fully saturated rings. The van der Waals surface area contributed by atoms with Crippen LogP contribution >= 0.6 is 0 Å². The Morgan fingerprint density at radius 1 is 0.480 bits per heavy atom. The van der Waals surface area contributed by atoms with Gasteiger partial charge in [0, 0.05) is 11.3 Å². The summed E-state index contributed by atoms with van der Waals surface area (Å²) in [4.78, 5) is 4.97. The van der Waals surface area contributed by atoms with E-state index in [9.17, 15) is 0 Å². The molecule has 0 aliphatic carbocycles. The van der Waals surface area contributed by atoms with Crippen LogP contribution in [0.25, 0.3) is 16.6 Å². The van der Waals surface area contributed by atoms with Crippen LogP contribution in [0.15, 0.2) is 188 Å². The molecule has 7 rings (SSSR count). The number of benzene rings is 6. The van der Waals surface area contributed by atoms with Crippen LogP contribution < -0.4 is 0 Å². The third-order valence-corrected chi connectivity index (χ3v) is 7.38. The van der Waals surface area contributed by atoms with Crippen molar-refractivity contribution < 1.29 is 25.8 Å². The largest absolute Gasteiger partial charge is 4.00 e. The molecule has 0 spiro atoms. The number of rotatable bonds is 5. The van der Waals surface area contributed by atoms with Gasteiger partial charge in [-0.2, -0.15) is 73.9 Å². The van der Waals surface area contributed by atoms with Gasteiger partial charge in [0.1, 0.15) is 0 Å². The van der Waals surface area contributed by atoms with E-state index >= 15 is 0 Å². The molecule has 0 saturated heterocycles. The zero-order valence-electron chi connectivity index (χ0n) is 29.0. The molecule has 6 aromatic carbocycles. The van der Waals surface area contributed by atoms with E-state index in [1.165, 1.54) is 11.1 Å². The van der Waals surface area contributed by atoms with Gasteiger partial charge in [-0.3, -0.25) is 4.98 Å². The SMILES string of the molecule is Cc1ccc([N-]C(c2ccccc2)c2cccc(-c3ccccc3)n2)c(C)c1.[CH2-]c1ccccc1.[CH2-]c1ccccc1.[CH2-]c1ccccc1.[Hf+4]. The minimum absolute atomic E-state index is 0. The molecule has 1 heterocycles. The minimum atomic E-state index is -0.147. The van der Waals surface area contributed by atoms with Crippen molar-refractivity contribution in [3.8, 4) is 11.3 Å². The summed E-state index contributed by atoms with van der Waals surface area (Å²) in [6, 6.07) is 62.7. The molecule has 0 aliphatic rings. The van der Waals surface area contributed by atoms with Crippen molar-refractivity contribution in [1.29, 1.82) is 0 Å². The summed E-state index contributed by atoms with van der Waals surface area (Å²) in [5.41, 5.74) is 10.8. The van der Waals surface area contributed by atoms with Crippen molar-refractivity contribution in [2.24, 2.45) is 0 Å². The molecule has 0 bridgehead atoms. The zero-order valence-corrected chi connectivity index (χ0v) is 32.6. The Balaban J connectivity index is 0.000000247. The second-order valence-electron chi connectivity index (χ2n) is 11.5. The molecular weight excluding hydrogens is 771 g/mol. The Morgan fingerprint density at radius 3 is 1.34 bits per heavy atom. The van der Waals surface area contributed by atoms with Gasteiger partial charge in [-0.05, 0) is 32.0 Å².